The second kappa shape index (κ2) is 8.54. The molecule has 2 heterocycles. The summed E-state index contributed by atoms with van der Waals surface area (Å²) in [5.41, 5.74) is 1.11. The van der Waals surface area contributed by atoms with Crippen molar-refractivity contribution in [3.8, 4) is 0 Å². The van der Waals surface area contributed by atoms with Crippen LogP contribution in [0.25, 0.3) is 0 Å². The van der Waals surface area contributed by atoms with E-state index in [2.05, 4.69) is 9.88 Å². The van der Waals surface area contributed by atoms with Crippen molar-refractivity contribution in [2.75, 3.05) is 31.1 Å². The fraction of sp³-hybridized carbons (Fsp3) is 0.368. The summed E-state index contributed by atoms with van der Waals surface area (Å²) in [4.78, 5) is 20.9. The van der Waals surface area contributed by atoms with E-state index >= 15 is 0 Å². The highest BCUT2D eigenvalue weighted by atomic mass is 35.5. The van der Waals surface area contributed by atoms with Crippen molar-refractivity contribution in [3.05, 3.63) is 58.2 Å². The summed E-state index contributed by atoms with van der Waals surface area (Å²) >= 11 is 11.9. The largest absolute Gasteiger partial charge is 0.353 e. The van der Waals surface area contributed by atoms with Crippen molar-refractivity contribution < 1.29 is 4.79 Å². The lowest BCUT2D eigenvalue weighted by atomic mass is 10.1. The standard InChI is InChI=1S/C19H21Cl2N3O/c20-16-8-7-15(14-17(16)21)4-3-6-19(25)24-12-10-23(11-13-24)18-5-1-2-9-22-18/h1-2,5,7-9,14H,3-4,6,10-13H2. The molecule has 0 radical (unpaired) electrons. The van der Waals surface area contributed by atoms with E-state index in [9.17, 15) is 4.79 Å². The van der Waals surface area contributed by atoms with Crippen LogP contribution in [0.15, 0.2) is 42.6 Å². The zero-order valence-corrected chi connectivity index (χ0v) is 15.5. The van der Waals surface area contributed by atoms with Gasteiger partial charge in [0.05, 0.1) is 10.0 Å². The lowest BCUT2D eigenvalue weighted by molar-refractivity contribution is -0.131. The molecule has 1 aromatic carbocycles. The molecule has 1 aromatic heterocycles. The van der Waals surface area contributed by atoms with E-state index in [-0.39, 0.29) is 5.91 Å². The molecule has 0 atom stereocenters. The molecule has 0 spiro atoms. The zero-order valence-electron chi connectivity index (χ0n) is 14.0. The Labute approximate surface area is 158 Å². The Kier molecular flexibility index (Phi) is 6.16. The molecule has 1 fully saturated rings. The predicted octanol–water partition coefficient (Wildman–Crippen LogP) is 4.06. The molecule has 0 saturated carbocycles. The summed E-state index contributed by atoms with van der Waals surface area (Å²) in [7, 11) is 0. The Morgan fingerprint density at radius 1 is 1.04 bits per heavy atom. The Morgan fingerprint density at radius 2 is 1.84 bits per heavy atom. The summed E-state index contributed by atoms with van der Waals surface area (Å²) in [6.07, 6.45) is 4.01. The fourth-order valence-electron chi connectivity index (χ4n) is 3.02. The molecule has 1 aliphatic heterocycles. The second-order valence-electron chi connectivity index (χ2n) is 6.16. The molecule has 4 nitrogen and oxygen atoms in total. The van der Waals surface area contributed by atoms with E-state index in [1.54, 1.807) is 12.3 Å². The summed E-state index contributed by atoms with van der Waals surface area (Å²) < 4.78 is 0. The maximum absolute atomic E-state index is 12.4. The molecular formula is C19H21Cl2N3O. The number of pyridine rings is 1. The van der Waals surface area contributed by atoms with E-state index in [4.69, 9.17) is 23.2 Å². The van der Waals surface area contributed by atoms with Crippen LogP contribution < -0.4 is 4.90 Å². The molecule has 0 N–H and O–H groups in total. The van der Waals surface area contributed by atoms with Gasteiger partial charge in [0, 0.05) is 38.8 Å². The number of carbonyl (C=O) groups excluding carboxylic acids is 1. The Bertz CT molecular complexity index is 716. The minimum absolute atomic E-state index is 0.223. The first-order valence-electron chi connectivity index (χ1n) is 8.51. The van der Waals surface area contributed by atoms with Crippen LogP contribution >= 0.6 is 23.2 Å². The Balaban J connectivity index is 1.43. The quantitative estimate of drug-likeness (QED) is 0.787. The third-order valence-electron chi connectivity index (χ3n) is 4.45. The van der Waals surface area contributed by atoms with Crippen LogP contribution in [-0.4, -0.2) is 42.0 Å². The number of halogens is 2. The van der Waals surface area contributed by atoms with Crippen molar-refractivity contribution in [2.24, 2.45) is 0 Å². The smallest absolute Gasteiger partial charge is 0.222 e. The van der Waals surface area contributed by atoms with Crippen LogP contribution in [0, 0.1) is 0 Å². The number of amides is 1. The van der Waals surface area contributed by atoms with E-state index in [0.717, 1.165) is 50.4 Å². The average molecular weight is 378 g/mol. The Hall–Kier alpha value is -1.78. The molecule has 0 bridgehead atoms. The number of nitrogens with zero attached hydrogens (tertiary/aromatic N) is 3. The van der Waals surface area contributed by atoms with Crippen LogP contribution in [0.5, 0.6) is 0 Å². The van der Waals surface area contributed by atoms with Gasteiger partial charge >= 0.3 is 0 Å². The van der Waals surface area contributed by atoms with Crippen molar-refractivity contribution in [2.45, 2.75) is 19.3 Å². The fourth-order valence-corrected chi connectivity index (χ4v) is 3.34. The molecule has 6 heteroatoms. The van der Waals surface area contributed by atoms with E-state index in [0.29, 0.717) is 16.5 Å². The molecule has 25 heavy (non-hydrogen) atoms. The lowest BCUT2D eigenvalue weighted by Crippen LogP contribution is -2.49. The molecule has 1 saturated heterocycles. The summed E-state index contributed by atoms with van der Waals surface area (Å²) in [5.74, 6) is 1.20. The van der Waals surface area contributed by atoms with Crippen LogP contribution in [-0.2, 0) is 11.2 Å². The number of aromatic nitrogens is 1. The van der Waals surface area contributed by atoms with Gasteiger partial charge in [0.15, 0.2) is 0 Å². The predicted molar refractivity (Wildman–Crippen MR) is 102 cm³/mol. The first-order chi connectivity index (χ1) is 12.1. The zero-order chi connectivity index (χ0) is 17.6. The highest BCUT2D eigenvalue weighted by Crippen LogP contribution is 2.23. The second-order valence-corrected chi connectivity index (χ2v) is 6.97. The van der Waals surface area contributed by atoms with E-state index < -0.39 is 0 Å². The number of carbonyl (C=O) groups is 1. The minimum atomic E-state index is 0.223. The molecule has 3 rings (SSSR count). The van der Waals surface area contributed by atoms with Gasteiger partial charge in [0.2, 0.25) is 5.91 Å². The van der Waals surface area contributed by atoms with Gasteiger partial charge in [-0.15, -0.1) is 0 Å². The number of hydrogen-bond acceptors (Lipinski definition) is 3. The number of benzene rings is 1. The maximum atomic E-state index is 12.4. The van der Waals surface area contributed by atoms with Crippen molar-refractivity contribution in [3.63, 3.8) is 0 Å². The SMILES string of the molecule is O=C(CCCc1ccc(Cl)c(Cl)c1)N1CCN(c2ccccn2)CC1. The van der Waals surface area contributed by atoms with Gasteiger partial charge in [-0.05, 0) is 42.7 Å². The van der Waals surface area contributed by atoms with Crippen LogP contribution in [0.4, 0.5) is 5.82 Å². The first-order valence-corrected chi connectivity index (χ1v) is 9.27. The topological polar surface area (TPSA) is 36.4 Å². The van der Waals surface area contributed by atoms with Crippen LogP contribution in [0.1, 0.15) is 18.4 Å². The average Bonchev–Trinajstić information content (AvgIpc) is 2.65. The van der Waals surface area contributed by atoms with Gasteiger partial charge in [-0.25, -0.2) is 4.98 Å². The maximum Gasteiger partial charge on any atom is 0.222 e. The van der Waals surface area contributed by atoms with Crippen LogP contribution in [0.3, 0.4) is 0 Å². The van der Waals surface area contributed by atoms with Gasteiger partial charge in [-0.1, -0.05) is 35.3 Å². The summed E-state index contributed by atoms with van der Waals surface area (Å²) in [5, 5.41) is 1.13. The summed E-state index contributed by atoms with van der Waals surface area (Å²) in [6.45, 7) is 3.16. The molecule has 0 unspecified atom stereocenters. The third kappa shape index (κ3) is 4.86. The number of anilines is 1. The van der Waals surface area contributed by atoms with E-state index in [1.165, 1.54) is 0 Å². The lowest BCUT2D eigenvalue weighted by Gasteiger charge is -2.35. The highest BCUT2D eigenvalue weighted by molar-refractivity contribution is 6.42. The normalized spacial score (nSPS) is 14.6. The minimum Gasteiger partial charge on any atom is -0.353 e. The van der Waals surface area contributed by atoms with E-state index in [1.807, 2.05) is 35.2 Å². The monoisotopic (exact) mass is 377 g/mol. The van der Waals surface area contributed by atoms with Crippen molar-refractivity contribution in [1.29, 1.82) is 0 Å². The van der Waals surface area contributed by atoms with Crippen molar-refractivity contribution >= 4 is 34.9 Å². The van der Waals surface area contributed by atoms with Gasteiger partial charge in [-0.3, -0.25) is 4.79 Å². The highest BCUT2D eigenvalue weighted by Gasteiger charge is 2.21. The first kappa shape index (κ1) is 18.0. The number of piperazine rings is 1. The molecule has 1 aliphatic rings. The van der Waals surface area contributed by atoms with Crippen LogP contribution in [0.2, 0.25) is 10.0 Å². The summed E-state index contributed by atoms with van der Waals surface area (Å²) in [6, 6.07) is 11.6. The van der Waals surface area contributed by atoms with Gasteiger partial charge in [0.25, 0.3) is 0 Å². The van der Waals surface area contributed by atoms with Gasteiger partial charge < -0.3 is 9.80 Å². The molecule has 1 amide bonds. The van der Waals surface area contributed by atoms with Crippen molar-refractivity contribution in [1.82, 2.24) is 9.88 Å². The van der Waals surface area contributed by atoms with Gasteiger partial charge in [-0.2, -0.15) is 0 Å². The number of aryl methyl sites for hydroxylation is 1. The molecular weight excluding hydrogens is 357 g/mol. The number of hydrogen-bond donors (Lipinski definition) is 0. The Morgan fingerprint density at radius 3 is 2.52 bits per heavy atom. The molecule has 132 valence electrons. The molecule has 2 aromatic rings. The third-order valence-corrected chi connectivity index (χ3v) is 5.18. The number of rotatable bonds is 5. The molecule has 0 aliphatic carbocycles. The van der Waals surface area contributed by atoms with Gasteiger partial charge in [0.1, 0.15) is 5.82 Å².